The van der Waals surface area contributed by atoms with E-state index < -0.39 is 21.8 Å². The minimum Gasteiger partial charge on any atom is -1.00 e. The number of hydrogen-bond donors (Lipinski definition) is 0. The minimum absolute atomic E-state index is 0. The first-order valence-electron chi connectivity index (χ1n) is 7.74. The van der Waals surface area contributed by atoms with Gasteiger partial charge in [0.25, 0.3) is 0 Å². The van der Waals surface area contributed by atoms with Crippen molar-refractivity contribution in [3.63, 3.8) is 0 Å². The van der Waals surface area contributed by atoms with Crippen LogP contribution >= 0.6 is 0 Å². The molecule has 2 aliphatic carbocycles. The summed E-state index contributed by atoms with van der Waals surface area (Å²) in [5, 5.41) is 0. The third-order valence-corrected chi connectivity index (χ3v) is 13.2. The summed E-state index contributed by atoms with van der Waals surface area (Å²) < 4.78 is 4.10. The predicted octanol–water partition coefficient (Wildman–Crippen LogP) is -0.178. The van der Waals surface area contributed by atoms with Gasteiger partial charge in [-0.25, -0.2) is 0 Å². The van der Waals surface area contributed by atoms with E-state index in [9.17, 15) is 0 Å². The van der Waals surface area contributed by atoms with E-state index in [1.165, 1.54) is 21.7 Å². The van der Waals surface area contributed by atoms with Gasteiger partial charge in [0.05, 0.1) is 0 Å². The molecule has 22 heavy (non-hydrogen) atoms. The van der Waals surface area contributed by atoms with E-state index in [1.807, 2.05) is 3.28 Å². The van der Waals surface area contributed by atoms with Gasteiger partial charge in [0, 0.05) is 0 Å². The molecular formula is C19H23Cl2Zr. The maximum absolute atomic E-state index is 2.55. The zero-order valence-corrected chi connectivity index (χ0v) is 17.4. The third-order valence-electron chi connectivity index (χ3n) is 4.53. The van der Waals surface area contributed by atoms with Crippen molar-refractivity contribution in [2.24, 2.45) is 0 Å². The van der Waals surface area contributed by atoms with Gasteiger partial charge in [-0.2, -0.15) is 0 Å². The van der Waals surface area contributed by atoms with Crippen LogP contribution in [0.25, 0.3) is 6.08 Å². The van der Waals surface area contributed by atoms with Gasteiger partial charge >= 0.3 is 131 Å². The molecule has 1 atom stereocenters. The van der Waals surface area contributed by atoms with Gasteiger partial charge in [0.2, 0.25) is 0 Å². The first kappa shape index (κ1) is 19.9. The smallest absolute Gasteiger partial charge is 1.00 e. The van der Waals surface area contributed by atoms with Crippen LogP contribution in [0.15, 0.2) is 45.8 Å². The number of allylic oxidation sites excluding steroid dienone is 5. The van der Waals surface area contributed by atoms with Gasteiger partial charge in [-0.05, 0) is 0 Å². The SMILES string of the molecule is CC[CH2][Zr+2]([C]1=Cc2ccc(C)cc2C1C)[CH]1C=CC=C1.[Cl-].[Cl-]. The van der Waals surface area contributed by atoms with Gasteiger partial charge in [-0.15, -0.1) is 0 Å². The van der Waals surface area contributed by atoms with Crippen LogP contribution in [-0.2, 0) is 21.8 Å². The van der Waals surface area contributed by atoms with Gasteiger partial charge < -0.3 is 24.8 Å². The summed E-state index contributed by atoms with van der Waals surface area (Å²) in [6.45, 7) is 6.98. The van der Waals surface area contributed by atoms with Crippen molar-refractivity contribution >= 4 is 6.08 Å². The molecule has 117 valence electrons. The fraction of sp³-hybridized carbons (Fsp3) is 0.368. The Morgan fingerprint density at radius 2 is 1.77 bits per heavy atom. The van der Waals surface area contributed by atoms with Crippen LogP contribution in [0.4, 0.5) is 0 Å². The van der Waals surface area contributed by atoms with E-state index in [4.69, 9.17) is 0 Å². The van der Waals surface area contributed by atoms with E-state index in [2.05, 4.69) is 69.4 Å². The topological polar surface area (TPSA) is 0 Å². The summed E-state index contributed by atoms with van der Waals surface area (Å²) in [7, 11) is 0. The standard InChI is InChI=1S/C11H11.C5H5.C3H7.2ClH.Zr/c1-8-3-5-10-6-4-9(2)11(10)7-8;1-2-4-5-3-1;1-3-2;;;/h3,5-7,9H,1-2H3;1-5H;1,3H2,2H3;2*1H;/q;;;;;+2/p-2. The fourth-order valence-electron chi connectivity index (χ4n) is 3.47. The van der Waals surface area contributed by atoms with Crippen LogP contribution in [0.2, 0.25) is 7.75 Å². The Morgan fingerprint density at radius 3 is 2.41 bits per heavy atom. The summed E-state index contributed by atoms with van der Waals surface area (Å²) >= 11 is -1.57. The van der Waals surface area contributed by atoms with Crippen molar-refractivity contribution in [2.45, 2.75) is 40.9 Å². The van der Waals surface area contributed by atoms with Crippen molar-refractivity contribution in [1.82, 2.24) is 0 Å². The Kier molecular flexibility index (Phi) is 7.86. The average Bonchev–Trinajstić information content (AvgIpc) is 3.06. The predicted molar refractivity (Wildman–Crippen MR) is 84.7 cm³/mol. The Hall–Kier alpha value is -0.0969. The molecule has 3 rings (SSSR count). The van der Waals surface area contributed by atoms with Crippen LogP contribution in [0.3, 0.4) is 0 Å². The number of hydrogen-bond acceptors (Lipinski definition) is 0. The molecule has 0 aromatic heterocycles. The van der Waals surface area contributed by atoms with Gasteiger partial charge in [0.15, 0.2) is 0 Å². The average molecular weight is 414 g/mol. The summed E-state index contributed by atoms with van der Waals surface area (Å²) in [6.07, 6.45) is 13.3. The Bertz CT molecular complexity index is 589. The van der Waals surface area contributed by atoms with Gasteiger partial charge in [-0.3, -0.25) is 0 Å². The van der Waals surface area contributed by atoms with E-state index >= 15 is 0 Å². The first-order valence-corrected chi connectivity index (χ1v) is 12.1. The molecule has 3 heteroatoms. The Balaban J connectivity index is 0.00000121. The molecule has 0 heterocycles. The monoisotopic (exact) mass is 411 g/mol. The van der Waals surface area contributed by atoms with Crippen molar-refractivity contribution in [3.05, 3.63) is 62.5 Å². The molecule has 0 saturated carbocycles. The van der Waals surface area contributed by atoms with Crippen molar-refractivity contribution < 1.29 is 46.6 Å². The second-order valence-electron chi connectivity index (χ2n) is 6.02. The molecule has 0 saturated heterocycles. The number of aryl methyl sites for hydroxylation is 1. The largest absolute Gasteiger partial charge is 1.00 e. The van der Waals surface area contributed by atoms with Crippen molar-refractivity contribution in [3.8, 4) is 0 Å². The zero-order valence-electron chi connectivity index (χ0n) is 13.4. The third kappa shape index (κ3) is 3.86. The van der Waals surface area contributed by atoms with Gasteiger partial charge in [0.1, 0.15) is 0 Å². The number of rotatable bonds is 4. The molecule has 2 aliphatic rings. The fourth-order valence-corrected chi connectivity index (χ4v) is 11.5. The van der Waals surface area contributed by atoms with Crippen molar-refractivity contribution in [2.75, 3.05) is 0 Å². The van der Waals surface area contributed by atoms with E-state index in [0.29, 0.717) is 5.92 Å². The summed E-state index contributed by atoms with van der Waals surface area (Å²) in [6, 6.07) is 6.97. The second kappa shape index (κ2) is 8.67. The number of fused-ring (bicyclic) bond motifs is 1. The molecular weight excluding hydrogens is 390 g/mol. The van der Waals surface area contributed by atoms with E-state index in [0.717, 1.165) is 3.63 Å². The number of halogens is 2. The second-order valence-corrected chi connectivity index (χ2v) is 12.9. The molecule has 1 aromatic rings. The molecule has 1 unspecified atom stereocenters. The molecule has 0 radical (unpaired) electrons. The maximum atomic E-state index is 2.55. The maximum Gasteiger partial charge on any atom is -1.00 e. The normalized spacial score (nSPS) is 18.5. The quantitative estimate of drug-likeness (QED) is 0.643. The first-order chi connectivity index (χ1) is 9.70. The summed E-state index contributed by atoms with van der Waals surface area (Å²) in [5.74, 6) is 0.660. The molecule has 0 aliphatic heterocycles. The summed E-state index contributed by atoms with van der Waals surface area (Å²) in [5.41, 5.74) is 4.45. The minimum atomic E-state index is -1.57. The summed E-state index contributed by atoms with van der Waals surface area (Å²) in [4.78, 5) is 0. The van der Waals surface area contributed by atoms with Crippen LogP contribution in [0.5, 0.6) is 0 Å². The van der Waals surface area contributed by atoms with Gasteiger partial charge in [-0.1, -0.05) is 0 Å². The van der Waals surface area contributed by atoms with Crippen LogP contribution in [-0.4, -0.2) is 0 Å². The molecule has 0 bridgehead atoms. The van der Waals surface area contributed by atoms with Crippen LogP contribution < -0.4 is 24.8 Å². The van der Waals surface area contributed by atoms with E-state index in [1.54, 1.807) is 5.56 Å². The molecule has 0 spiro atoms. The van der Waals surface area contributed by atoms with E-state index in [-0.39, 0.29) is 24.8 Å². The van der Waals surface area contributed by atoms with Crippen molar-refractivity contribution in [1.29, 1.82) is 0 Å². The molecule has 0 nitrogen and oxygen atoms in total. The van der Waals surface area contributed by atoms with Crippen LogP contribution in [0.1, 0.15) is 42.9 Å². The number of benzene rings is 1. The molecule has 1 aromatic carbocycles. The molecule has 0 N–H and O–H groups in total. The Morgan fingerprint density at radius 1 is 1.09 bits per heavy atom. The Labute approximate surface area is 155 Å². The van der Waals surface area contributed by atoms with Crippen LogP contribution in [0, 0.1) is 6.92 Å². The molecule has 0 fully saturated rings. The zero-order chi connectivity index (χ0) is 14.1. The molecule has 0 amide bonds.